The number of benzene rings is 1. The molecule has 2 bridgehead atoms. The van der Waals surface area contributed by atoms with Crippen LogP contribution in [0.3, 0.4) is 0 Å². The molecule has 1 spiro atoms. The molecule has 1 aromatic rings. The lowest BCUT2D eigenvalue weighted by molar-refractivity contribution is -0.154. The van der Waals surface area contributed by atoms with Gasteiger partial charge in [-0.3, -0.25) is 14.4 Å². The smallest absolute Gasteiger partial charge is 0.312 e. The van der Waals surface area contributed by atoms with Gasteiger partial charge < -0.3 is 24.4 Å². The SMILES string of the molecule is C=CCCOC(=O)[C@H]1[C@@H]2OC3(CC2Br)C(C(=O)N(CC=C)c2ccc(Cl)cc2)N(CCCO)C(=O)[C@H]13. The first kappa shape index (κ1) is 26.9. The van der Waals surface area contributed by atoms with Crippen molar-refractivity contribution in [3.05, 3.63) is 54.6 Å². The Kier molecular flexibility index (Phi) is 8.24. The summed E-state index contributed by atoms with van der Waals surface area (Å²) in [6.07, 6.45) is 3.84. The highest BCUT2D eigenvalue weighted by atomic mass is 79.9. The van der Waals surface area contributed by atoms with Gasteiger partial charge in [0.1, 0.15) is 11.6 Å². The van der Waals surface area contributed by atoms with Crippen LogP contribution in [0.5, 0.6) is 0 Å². The minimum absolute atomic E-state index is 0.145. The summed E-state index contributed by atoms with van der Waals surface area (Å²) in [5, 5.41) is 10.0. The molecule has 3 saturated heterocycles. The van der Waals surface area contributed by atoms with E-state index in [1.165, 1.54) is 4.90 Å². The van der Waals surface area contributed by atoms with E-state index in [2.05, 4.69) is 29.1 Å². The normalized spacial score (nSPS) is 30.2. The Morgan fingerprint density at radius 1 is 1.31 bits per heavy atom. The van der Waals surface area contributed by atoms with E-state index in [0.29, 0.717) is 23.6 Å². The van der Waals surface area contributed by atoms with Gasteiger partial charge in [0.25, 0.3) is 5.91 Å². The quantitative estimate of drug-likeness (QED) is 0.187. The molecule has 3 fully saturated rings. The number of nitrogens with zero attached hydrogens (tertiary/aromatic N) is 2. The Morgan fingerprint density at radius 3 is 2.67 bits per heavy atom. The van der Waals surface area contributed by atoms with Crippen molar-refractivity contribution in [3.63, 3.8) is 0 Å². The van der Waals surface area contributed by atoms with Crippen LogP contribution in [0.4, 0.5) is 5.69 Å². The third-order valence-corrected chi connectivity index (χ3v) is 8.23. The summed E-state index contributed by atoms with van der Waals surface area (Å²) in [4.78, 5) is 44.0. The molecule has 0 saturated carbocycles. The Hall–Kier alpha value is -2.20. The number of hydrogen-bond acceptors (Lipinski definition) is 6. The highest BCUT2D eigenvalue weighted by Gasteiger charge is 2.77. The van der Waals surface area contributed by atoms with Gasteiger partial charge in [-0.05, 0) is 43.5 Å². The monoisotopic (exact) mass is 580 g/mol. The first-order chi connectivity index (χ1) is 17.3. The fourth-order valence-electron chi connectivity index (χ4n) is 5.72. The third kappa shape index (κ3) is 4.51. The van der Waals surface area contributed by atoms with Crippen molar-refractivity contribution < 1.29 is 29.0 Å². The van der Waals surface area contributed by atoms with Crippen molar-refractivity contribution in [2.24, 2.45) is 11.8 Å². The molecule has 4 rings (SSSR count). The maximum atomic E-state index is 14.2. The number of rotatable bonds is 11. The van der Waals surface area contributed by atoms with Crippen molar-refractivity contribution in [2.75, 3.05) is 31.2 Å². The van der Waals surface area contributed by atoms with Gasteiger partial charge in [0.05, 0.1) is 24.5 Å². The average Bonchev–Trinajstić information content (AvgIpc) is 3.45. The molecule has 0 radical (unpaired) electrons. The highest BCUT2D eigenvalue weighted by Crippen LogP contribution is 2.60. The maximum absolute atomic E-state index is 14.2. The Balaban J connectivity index is 1.74. The summed E-state index contributed by atoms with van der Waals surface area (Å²) in [5.41, 5.74) is -0.599. The number of alkyl halides is 1. The Morgan fingerprint density at radius 2 is 2.03 bits per heavy atom. The largest absolute Gasteiger partial charge is 0.465 e. The number of carbonyl (C=O) groups excluding carboxylic acids is 3. The predicted molar refractivity (Wildman–Crippen MR) is 139 cm³/mol. The summed E-state index contributed by atoms with van der Waals surface area (Å²) in [7, 11) is 0. The number of aliphatic hydroxyl groups is 1. The summed E-state index contributed by atoms with van der Waals surface area (Å²) in [5.74, 6) is -2.87. The van der Waals surface area contributed by atoms with Crippen molar-refractivity contribution in [3.8, 4) is 0 Å². The first-order valence-corrected chi connectivity index (χ1v) is 13.3. The zero-order valence-electron chi connectivity index (χ0n) is 19.9. The Labute approximate surface area is 224 Å². The van der Waals surface area contributed by atoms with Crippen molar-refractivity contribution in [1.29, 1.82) is 0 Å². The van der Waals surface area contributed by atoms with E-state index in [9.17, 15) is 19.5 Å². The number of amides is 2. The van der Waals surface area contributed by atoms with Gasteiger partial charge in [-0.2, -0.15) is 0 Å². The van der Waals surface area contributed by atoms with Crippen molar-refractivity contribution in [1.82, 2.24) is 4.90 Å². The van der Waals surface area contributed by atoms with Crippen molar-refractivity contribution >= 4 is 51.0 Å². The topological polar surface area (TPSA) is 96.4 Å². The molecule has 8 nitrogen and oxygen atoms in total. The molecule has 2 amide bonds. The molecule has 36 heavy (non-hydrogen) atoms. The van der Waals surface area contributed by atoms with Crippen LogP contribution in [0.15, 0.2) is 49.6 Å². The molecule has 3 aliphatic rings. The molecule has 0 aliphatic carbocycles. The zero-order valence-corrected chi connectivity index (χ0v) is 22.2. The minimum Gasteiger partial charge on any atom is -0.465 e. The standard InChI is InChI=1S/C26H30BrClN2O6/c1-3-5-14-35-25(34)19-20-23(32)30(12-6-13-31)22(26(20)15-18(27)21(19)36-26)24(33)29(11-4-2)17-9-7-16(28)8-10-17/h3-4,7-10,18-22,31H,1-2,5-6,11-15H2/t18?,19-,20+,21-,22?,26?/m1/s1. The summed E-state index contributed by atoms with van der Waals surface area (Å²) in [6, 6.07) is 5.85. The number of aliphatic hydroxyl groups excluding tert-OH is 1. The zero-order chi connectivity index (χ0) is 26.0. The predicted octanol–water partition coefficient (Wildman–Crippen LogP) is 3.11. The number of halogens is 2. The molecule has 0 aromatic heterocycles. The van der Waals surface area contributed by atoms with Crippen LogP contribution in [-0.4, -0.2) is 76.7 Å². The van der Waals surface area contributed by atoms with Crippen LogP contribution in [-0.2, 0) is 23.9 Å². The van der Waals surface area contributed by atoms with E-state index in [0.717, 1.165) is 0 Å². The van der Waals surface area contributed by atoms with E-state index < -0.39 is 35.6 Å². The lowest BCUT2D eigenvalue weighted by Crippen LogP contribution is -2.57. The van der Waals surface area contributed by atoms with Gasteiger partial charge >= 0.3 is 5.97 Å². The van der Waals surface area contributed by atoms with Gasteiger partial charge in [-0.25, -0.2) is 0 Å². The van der Waals surface area contributed by atoms with E-state index in [4.69, 9.17) is 21.1 Å². The number of esters is 1. The number of carbonyl (C=O) groups is 3. The van der Waals surface area contributed by atoms with Gasteiger partial charge in [-0.15, -0.1) is 13.2 Å². The van der Waals surface area contributed by atoms with Gasteiger partial charge in [0, 0.05) is 35.2 Å². The van der Waals surface area contributed by atoms with E-state index in [1.54, 1.807) is 41.3 Å². The minimum atomic E-state index is -1.20. The summed E-state index contributed by atoms with van der Waals surface area (Å²) >= 11 is 9.69. The summed E-state index contributed by atoms with van der Waals surface area (Å²) < 4.78 is 11.9. The molecule has 6 atom stereocenters. The lowest BCUT2D eigenvalue weighted by atomic mass is 9.70. The van der Waals surface area contributed by atoms with Gasteiger partial charge in [0.2, 0.25) is 5.91 Å². The van der Waals surface area contributed by atoms with Crippen molar-refractivity contribution in [2.45, 2.75) is 41.8 Å². The number of anilines is 1. The fraction of sp³-hybridized carbons (Fsp3) is 0.500. The second kappa shape index (κ2) is 11.0. The van der Waals surface area contributed by atoms with Crippen LogP contribution in [0.1, 0.15) is 19.3 Å². The molecule has 1 aromatic carbocycles. The molecule has 194 valence electrons. The third-order valence-electron chi connectivity index (χ3n) is 7.13. The second-order valence-electron chi connectivity index (χ2n) is 9.23. The molecule has 3 heterocycles. The van der Waals surface area contributed by atoms with Gasteiger partial charge in [-0.1, -0.05) is 39.7 Å². The molecule has 3 unspecified atom stereocenters. The van der Waals surface area contributed by atoms with Crippen LogP contribution in [0.2, 0.25) is 5.02 Å². The molecule has 1 N–H and O–H groups in total. The fourth-order valence-corrected chi connectivity index (χ4v) is 6.79. The lowest BCUT2D eigenvalue weighted by Gasteiger charge is -2.37. The number of ether oxygens (including phenoxy) is 2. The molecule has 10 heteroatoms. The van der Waals surface area contributed by atoms with Crippen LogP contribution < -0.4 is 4.90 Å². The number of hydrogen-bond donors (Lipinski definition) is 1. The van der Waals surface area contributed by atoms with Gasteiger partial charge in [0.15, 0.2) is 0 Å². The number of fused-ring (bicyclic) bond motifs is 1. The number of likely N-dealkylation sites (tertiary alicyclic amines) is 1. The molecular formula is C26H30BrClN2O6. The maximum Gasteiger partial charge on any atom is 0.312 e. The average molecular weight is 582 g/mol. The van der Waals surface area contributed by atoms with Crippen LogP contribution in [0.25, 0.3) is 0 Å². The van der Waals surface area contributed by atoms with E-state index >= 15 is 0 Å². The molecular weight excluding hydrogens is 552 g/mol. The second-order valence-corrected chi connectivity index (χ2v) is 10.8. The molecule has 3 aliphatic heterocycles. The van der Waals surface area contributed by atoms with Crippen LogP contribution >= 0.6 is 27.5 Å². The van der Waals surface area contributed by atoms with E-state index in [-0.39, 0.29) is 49.4 Å². The van der Waals surface area contributed by atoms with E-state index in [1.807, 2.05) is 0 Å². The highest BCUT2D eigenvalue weighted by molar-refractivity contribution is 9.09. The first-order valence-electron chi connectivity index (χ1n) is 12.0. The summed E-state index contributed by atoms with van der Waals surface area (Å²) in [6.45, 7) is 7.80. The van der Waals surface area contributed by atoms with Crippen LogP contribution in [0, 0.1) is 11.8 Å². The Bertz CT molecular complexity index is 1040.